The van der Waals surface area contributed by atoms with Gasteiger partial charge in [0.15, 0.2) is 0 Å². The molecule has 2 heterocycles. The Morgan fingerprint density at radius 1 is 1.11 bits per heavy atom. The summed E-state index contributed by atoms with van der Waals surface area (Å²) in [5.74, 6) is 0.318. The van der Waals surface area contributed by atoms with Gasteiger partial charge < -0.3 is 10.0 Å². The van der Waals surface area contributed by atoms with E-state index in [9.17, 15) is 9.90 Å². The van der Waals surface area contributed by atoms with Gasteiger partial charge in [-0.15, -0.1) is 0 Å². The number of rotatable bonds is 5. The predicted octanol–water partition coefficient (Wildman–Crippen LogP) is 3.20. The van der Waals surface area contributed by atoms with Crippen molar-refractivity contribution in [3.8, 4) is 0 Å². The number of aryl methyl sites for hydroxylation is 1. The summed E-state index contributed by atoms with van der Waals surface area (Å²) in [4.78, 5) is 16.9. The minimum Gasteiger partial charge on any atom is -0.394 e. The van der Waals surface area contributed by atoms with E-state index < -0.39 is 0 Å². The SMILES string of the molecule is C/C=C/c1ccc([C@@H]2[C@@H](CO)N3C(=O)CN(Cc4ccc(C)cc4)C[C@H]23)cc1. The van der Waals surface area contributed by atoms with Crippen LogP contribution in [0.5, 0.6) is 0 Å². The van der Waals surface area contributed by atoms with Crippen LogP contribution in [-0.4, -0.2) is 52.6 Å². The Morgan fingerprint density at radius 3 is 2.46 bits per heavy atom. The van der Waals surface area contributed by atoms with Gasteiger partial charge in [-0.2, -0.15) is 0 Å². The number of carbonyl (C=O) groups is 1. The highest BCUT2D eigenvalue weighted by molar-refractivity contribution is 5.81. The van der Waals surface area contributed by atoms with Crippen molar-refractivity contribution in [3.63, 3.8) is 0 Å². The zero-order chi connectivity index (χ0) is 19.7. The predicted molar refractivity (Wildman–Crippen MR) is 112 cm³/mol. The van der Waals surface area contributed by atoms with Gasteiger partial charge in [-0.05, 0) is 30.5 Å². The second kappa shape index (κ2) is 7.90. The number of carbonyl (C=O) groups excluding carboxylic acids is 1. The Hall–Kier alpha value is -2.43. The molecular formula is C24H28N2O2. The van der Waals surface area contributed by atoms with Crippen LogP contribution in [0.25, 0.3) is 6.08 Å². The first-order valence-electron chi connectivity index (χ1n) is 10.0. The van der Waals surface area contributed by atoms with Crippen LogP contribution in [0.1, 0.15) is 35.1 Å². The van der Waals surface area contributed by atoms with E-state index in [1.807, 2.05) is 17.9 Å². The number of nitrogens with zero attached hydrogens (tertiary/aromatic N) is 2. The van der Waals surface area contributed by atoms with Gasteiger partial charge >= 0.3 is 0 Å². The zero-order valence-corrected chi connectivity index (χ0v) is 16.6. The first-order valence-corrected chi connectivity index (χ1v) is 10.0. The highest BCUT2D eigenvalue weighted by atomic mass is 16.3. The van der Waals surface area contributed by atoms with Gasteiger partial charge in [-0.25, -0.2) is 0 Å². The van der Waals surface area contributed by atoms with Gasteiger partial charge in [0.2, 0.25) is 5.91 Å². The lowest BCUT2D eigenvalue weighted by atomic mass is 9.73. The molecule has 0 spiro atoms. The zero-order valence-electron chi connectivity index (χ0n) is 16.6. The molecule has 2 fully saturated rings. The molecule has 0 aliphatic carbocycles. The summed E-state index contributed by atoms with van der Waals surface area (Å²) >= 11 is 0. The molecule has 4 rings (SSSR count). The number of benzene rings is 2. The van der Waals surface area contributed by atoms with Crippen LogP contribution in [0.2, 0.25) is 0 Å². The molecule has 0 saturated carbocycles. The Balaban J connectivity index is 1.52. The molecule has 2 aromatic carbocycles. The van der Waals surface area contributed by atoms with Gasteiger partial charge in [0.05, 0.1) is 25.2 Å². The van der Waals surface area contributed by atoms with Gasteiger partial charge in [-0.3, -0.25) is 9.69 Å². The minimum atomic E-state index is -0.105. The highest BCUT2D eigenvalue weighted by Gasteiger charge is 2.53. The number of piperazine rings is 1. The van der Waals surface area contributed by atoms with Crippen LogP contribution in [0, 0.1) is 6.92 Å². The summed E-state index contributed by atoms with van der Waals surface area (Å²) in [5.41, 5.74) is 4.86. The van der Waals surface area contributed by atoms with E-state index in [1.165, 1.54) is 22.3 Å². The first-order chi connectivity index (χ1) is 13.6. The van der Waals surface area contributed by atoms with Crippen molar-refractivity contribution in [2.24, 2.45) is 0 Å². The monoisotopic (exact) mass is 376 g/mol. The van der Waals surface area contributed by atoms with Crippen molar-refractivity contribution >= 4 is 12.0 Å². The van der Waals surface area contributed by atoms with Gasteiger partial charge in [-0.1, -0.05) is 66.2 Å². The number of allylic oxidation sites excluding steroid dienone is 1. The van der Waals surface area contributed by atoms with E-state index in [-0.39, 0.29) is 30.5 Å². The lowest BCUT2D eigenvalue weighted by Gasteiger charge is -2.59. The average Bonchev–Trinajstić information content (AvgIpc) is 2.67. The normalized spacial score (nSPS) is 25.0. The third-order valence-electron chi connectivity index (χ3n) is 6.03. The number of fused-ring (bicyclic) bond motifs is 1. The second-order valence-corrected chi connectivity index (χ2v) is 7.97. The minimum absolute atomic E-state index is 0.0154. The van der Waals surface area contributed by atoms with Crippen molar-refractivity contribution in [3.05, 3.63) is 76.9 Å². The van der Waals surface area contributed by atoms with Gasteiger partial charge in [0.25, 0.3) is 0 Å². The fourth-order valence-electron chi connectivity index (χ4n) is 4.66. The molecule has 0 radical (unpaired) electrons. The highest BCUT2D eigenvalue weighted by Crippen LogP contribution is 2.43. The third kappa shape index (κ3) is 3.50. The fourth-order valence-corrected chi connectivity index (χ4v) is 4.66. The van der Waals surface area contributed by atoms with Crippen LogP contribution < -0.4 is 0 Å². The molecule has 0 bridgehead atoms. The number of amides is 1. The van der Waals surface area contributed by atoms with Crippen molar-refractivity contribution in [2.45, 2.75) is 38.4 Å². The molecule has 2 saturated heterocycles. The largest absolute Gasteiger partial charge is 0.394 e. The maximum absolute atomic E-state index is 12.8. The molecule has 2 aliphatic rings. The molecule has 0 unspecified atom stereocenters. The van der Waals surface area contributed by atoms with E-state index in [0.29, 0.717) is 6.54 Å². The summed E-state index contributed by atoms with van der Waals surface area (Å²) in [6.45, 7) is 6.16. The average molecular weight is 377 g/mol. The molecule has 4 heteroatoms. The molecule has 4 nitrogen and oxygen atoms in total. The molecule has 2 aromatic rings. The van der Waals surface area contributed by atoms with E-state index in [4.69, 9.17) is 0 Å². The molecular weight excluding hydrogens is 348 g/mol. The third-order valence-corrected chi connectivity index (χ3v) is 6.03. The lowest BCUT2D eigenvalue weighted by Crippen LogP contribution is -2.72. The Kier molecular flexibility index (Phi) is 5.33. The lowest BCUT2D eigenvalue weighted by molar-refractivity contribution is -0.162. The molecule has 1 N–H and O–H groups in total. The summed E-state index contributed by atoms with van der Waals surface area (Å²) in [5, 5.41) is 9.92. The topological polar surface area (TPSA) is 43.8 Å². The fraction of sp³-hybridized carbons (Fsp3) is 0.375. The summed E-state index contributed by atoms with van der Waals surface area (Å²) in [6.07, 6.45) is 4.10. The van der Waals surface area contributed by atoms with E-state index >= 15 is 0 Å². The number of aliphatic hydroxyl groups is 1. The molecule has 0 aromatic heterocycles. The maximum Gasteiger partial charge on any atom is 0.237 e. The van der Waals surface area contributed by atoms with Crippen LogP contribution in [-0.2, 0) is 11.3 Å². The molecule has 1 amide bonds. The molecule has 3 atom stereocenters. The van der Waals surface area contributed by atoms with Crippen molar-refractivity contribution < 1.29 is 9.90 Å². The van der Waals surface area contributed by atoms with E-state index in [2.05, 4.69) is 66.4 Å². The smallest absolute Gasteiger partial charge is 0.237 e. The van der Waals surface area contributed by atoms with E-state index in [1.54, 1.807) is 0 Å². The van der Waals surface area contributed by atoms with Crippen LogP contribution in [0.3, 0.4) is 0 Å². The summed E-state index contributed by atoms with van der Waals surface area (Å²) < 4.78 is 0. The molecule has 28 heavy (non-hydrogen) atoms. The van der Waals surface area contributed by atoms with Crippen LogP contribution in [0.4, 0.5) is 0 Å². The molecule has 146 valence electrons. The second-order valence-electron chi connectivity index (χ2n) is 7.97. The number of hydrogen-bond donors (Lipinski definition) is 1. The summed E-state index contributed by atoms with van der Waals surface area (Å²) in [7, 11) is 0. The van der Waals surface area contributed by atoms with Gasteiger partial charge in [0, 0.05) is 19.0 Å². The standard InChI is InChI=1S/C24H28N2O2/c1-3-4-18-9-11-20(12-10-18)24-21-14-25(13-19-7-5-17(2)6-8-19)15-23(28)26(21)22(24)16-27/h3-12,21-22,24,27H,13-16H2,1-2H3/b4-3+/t21-,22-,24+/m1/s1. The Morgan fingerprint density at radius 2 is 1.82 bits per heavy atom. The van der Waals surface area contributed by atoms with Crippen molar-refractivity contribution in [2.75, 3.05) is 19.7 Å². The van der Waals surface area contributed by atoms with Crippen LogP contribution in [0.15, 0.2) is 54.6 Å². The number of hydrogen-bond acceptors (Lipinski definition) is 3. The Labute approximate surface area is 167 Å². The van der Waals surface area contributed by atoms with Crippen molar-refractivity contribution in [1.82, 2.24) is 9.80 Å². The summed E-state index contributed by atoms with van der Waals surface area (Å²) in [6, 6.07) is 17.1. The molecule has 2 aliphatic heterocycles. The number of aliphatic hydroxyl groups excluding tert-OH is 1. The first kappa shape index (κ1) is 18.9. The van der Waals surface area contributed by atoms with E-state index in [0.717, 1.165) is 13.1 Å². The maximum atomic E-state index is 12.8. The Bertz CT molecular complexity index is 857. The quantitative estimate of drug-likeness (QED) is 0.872. The van der Waals surface area contributed by atoms with Crippen molar-refractivity contribution in [1.29, 1.82) is 0 Å². The van der Waals surface area contributed by atoms with Gasteiger partial charge in [0.1, 0.15) is 0 Å². The van der Waals surface area contributed by atoms with Crippen LogP contribution >= 0.6 is 0 Å².